The van der Waals surface area contributed by atoms with Gasteiger partial charge in [0.25, 0.3) is 5.56 Å². The van der Waals surface area contributed by atoms with Crippen LogP contribution in [0, 0.1) is 0 Å². The smallest absolute Gasteiger partial charge is 0.263 e. The Morgan fingerprint density at radius 3 is 2.76 bits per heavy atom. The van der Waals surface area contributed by atoms with Gasteiger partial charge in [-0.1, -0.05) is 11.8 Å². The Kier molecular flexibility index (Phi) is 7.04. The van der Waals surface area contributed by atoms with Gasteiger partial charge in [0.2, 0.25) is 11.8 Å². The van der Waals surface area contributed by atoms with E-state index in [-0.39, 0.29) is 23.1 Å². The number of amides is 2. The number of benzene rings is 1. The highest BCUT2D eigenvalue weighted by molar-refractivity contribution is 7.99. The van der Waals surface area contributed by atoms with Crippen molar-refractivity contribution in [2.24, 2.45) is 0 Å². The van der Waals surface area contributed by atoms with Gasteiger partial charge < -0.3 is 15.4 Å². The molecule has 2 N–H and O–H groups in total. The minimum atomic E-state index is -0.263. The average molecular weight is 487 g/mol. The number of thioether (sulfide) groups is 1. The van der Waals surface area contributed by atoms with Crippen LogP contribution < -0.4 is 20.9 Å². The molecule has 8 nitrogen and oxygen atoms in total. The number of anilines is 2. The number of aromatic nitrogens is 2. The second-order valence-corrected chi connectivity index (χ2v) is 9.79. The van der Waals surface area contributed by atoms with Crippen molar-refractivity contribution in [1.82, 2.24) is 9.55 Å². The van der Waals surface area contributed by atoms with E-state index < -0.39 is 0 Å². The molecule has 0 atom stereocenters. The third-order valence-corrected chi connectivity index (χ3v) is 7.64. The summed E-state index contributed by atoms with van der Waals surface area (Å²) in [5.74, 6) is 0.0935. The molecule has 0 saturated heterocycles. The Morgan fingerprint density at radius 2 is 2.03 bits per heavy atom. The first-order valence-electron chi connectivity index (χ1n) is 10.8. The molecule has 33 heavy (non-hydrogen) atoms. The molecule has 2 amide bonds. The summed E-state index contributed by atoms with van der Waals surface area (Å²) in [6.45, 7) is 3.82. The van der Waals surface area contributed by atoms with Crippen LogP contribution in [-0.4, -0.2) is 34.2 Å². The second-order valence-electron chi connectivity index (χ2n) is 7.77. The molecule has 3 aromatic rings. The monoisotopic (exact) mass is 486 g/mol. The van der Waals surface area contributed by atoms with Gasteiger partial charge in [0.05, 0.1) is 23.9 Å². The van der Waals surface area contributed by atoms with Crippen LogP contribution in [-0.2, 0) is 29.0 Å². The molecule has 1 aliphatic carbocycles. The molecule has 10 heteroatoms. The number of nitrogens with one attached hydrogen (secondary N) is 2. The lowest BCUT2D eigenvalue weighted by atomic mass is 9.97. The summed E-state index contributed by atoms with van der Waals surface area (Å²) < 4.78 is 6.97. The number of methoxy groups -OCH3 is 1. The summed E-state index contributed by atoms with van der Waals surface area (Å²) >= 11 is 2.84. The summed E-state index contributed by atoms with van der Waals surface area (Å²) in [7, 11) is 1.51. The van der Waals surface area contributed by atoms with Crippen LogP contribution in [0.15, 0.2) is 28.2 Å². The molecule has 0 unspecified atom stereocenters. The maximum atomic E-state index is 13.2. The molecule has 1 aromatic carbocycles. The highest BCUT2D eigenvalue weighted by Gasteiger charge is 2.22. The third kappa shape index (κ3) is 4.91. The predicted molar refractivity (Wildman–Crippen MR) is 133 cm³/mol. The summed E-state index contributed by atoms with van der Waals surface area (Å²) in [6.07, 6.45) is 4.19. The van der Waals surface area contributed by atoms with E-state index in [0.717, 1.165) is 35.9 Å². The van der Waals surface area contributed by atoms with Gasteiger partial charge in [-0.25, -0.2) is 4.98 Å². The summed E-state index contributed by atoms with van der Waals surface area (Å²) in [4.78, 5) is 44.1. The molecule has 0 bridgehead atoms. The SMILES string of the molecule is CCn1c(SCC(=O)Nc2cc(NC(C)=O)ccc2OC)nc2sc3c(c2c1=O)CCCC3. The minimum absolute atomic E-state index is 0.0190. The normalized spacial score (nSPS) is 12.9. The first kappa shape index (κ1) is 23.3. The number of fused-ring (bicyclic) bond motifs is 3. The van der Waals surface area contributed by atoms with Crippen LogP contribution in [0.5, 0.6) is 5.75 Å². The van der Waals surface area contributed by atoms with Gasteiger partial charge in [-0.3, -0.25) is 19.0 Å². The van der Waals surface area contributed by atoms with Gasteiger partial charge in [-0.15, -0.1) is 11.3 Å². The van der Waals surface area contributed by atoms with E-state index in [2.05, 4.69) is 10.6 Å². The summed E-state index contributed by atoms with van der Waals surface area (Å²) in [6, 6.07) is 5.02. The van der Waals surface area contributed by atoms with Crippen molar-refractivity contribution >= 4 is 56.5 Å². The molecule has 2 aromatic heterocycles. The molecule has 0 saturated carbocycles. The highest BCUT2D eigenvalue weighted by atomic mass is 32.2. The Hall–Kier alpha value is -2.85. The molecule has 0 aliphatic heterocycles. The first-order valence-corrected chi connectivity index (χ1v) is 12.6. The number of nitrogens with zero attached hydrogens (tertiary/aromatic N) is 2. The van der Waals surface area contributed by atoms with E-state index in [9.17, 15) is 14.4 Å². The van der Waals surface area contributed by atoms with E-state index in [1.165, 1.54) is 36.2 Å². The summed E-state index contributed by atoms with van der Waals surface area (Å²) in [5, 5.41) is 6.81. The van der Waals surface area contributed by atoms with Crippen LogP contribution in [0.25, 0.3) is 10.2 Å². The molecule has 0 spiro atoms. The molecule has 174 valence electrons. The Morgan fingerprint density at radius 1 is 1.24 bits per heavy atom. The maximum absolute atomic E-state index is 13.2. The topological polar surface area (TPSA) is 102 Å². The largest absolute Gasteiger partial charge is 0.495 e. The van der Waals surface area contributed by atoms with Crippen molar-refractivity contribution in [3.63, 3.8) is 0 Å². The van der Waals surface area contributed by atoms with Crippen molar-refractivity contribution in [3.8, 4) is 5.75 Å². The van der Waals surface area contributed by atoms with Crippen LogP contribution in [0.1, 0.15) is 37.1 Å². The van der Waals surface area contributed by atoms with Gasteiger partial charge >= 0.3 is 0 Å². The minimum Gasteiger partial charge on any atom is -0.495 e. The van der Waals surface area contributed by atoms with E-state index in [4.69, 9.17) is 9.72 Å². The van der Waals surface area contributed by atoms with Gasteiger partial charge in [-0.2, -0.15) is 0 Å². The van der Waals surface area contributed by atoms with Crippen molar-refractivity contribution in [3.05, 3.63) is 39.0 Å². The first-order chi connectivity index (χ1) is 15.9. The van der Waals surface area contributed by atoms with E-state index in [1.54, 1.807) is 34.1 Å². The molecule has 0 fully saturated rings. The number of hydrogen-bond donors (Lipinski definition) is 2. The standard InChI is InChI=1S/C23H26N4O4S2/c1-4-27-22(30)20-15-7-5-6-8-18(15)33-21(20)26-23(27)32-12-19(29)25-16-11-14(24-13(2)28)9-10-17(16)31-3/h9-11H,4-8,12H2,1-3H3,(H,24,28)(H,25,29). The number of thiophene rings is 1. The number of rotatable bonds is 7. The van der Waals surface area contributed by atoms with Crippen molar-refractivity contribution in [2.75, 3.05) is 23.5 Å². The lowest BCUT2D eigenvalue weighted by molar-refractivity contribution is -0.114. The number of hydrogen-bond acceptors (Lipinski definition) is 7. The fraction of sp³-hybridized carbons (Fsp3) is 0.391. The van der Waals surface area contributed by atoms with Gasteiger partial charge in [0, 0.05) is 24.0 Å². The quantitative estimate of drug-likeness (QED) is 0.386. The lowest BCUT2D eigenvalue weighted by Gasteiger charge is -2.13. The molecule has 0 radical (unpaired) electrons. The Balaban J connectivity index is 1.54. The molecule has 2 heterocycles. The van der Waals surface area contributed by atoms with Gasteiger partial charge in [0.15, 0.2) is 5.16 Å². The van der Waals surface area contributed by atoms with Gasteiger partial charge in [0.1, 0.15) is 10.6 Å². The van der Waals surface area contributed by atoms with E-state index in [0.29, 0.717) is 28.8 Å². The predicted octanol–water partition coefficient (Wildman–Crippen LogP) is 4.05. The van der Waals surface area contributed by atoms with Crippen LogP contribution in [0.3, 0.4) is 0 Å². The van der Waals surface area contributed by atoms with Crippen LogP contribution >= 0.6 is 23.1 Å². The van der Waals surface area contributed by atoms with Crippen molar-refractivity contribution in [1.29, 1.82) is 0 Å². The summed E-state index contributed by atoms with van der Waals surface area (Å²) in [5.41, 5.74) is 2.16. The van der Waals surface area contributed by atoms with Crippen molar-refractivity contribution < 1.29 is 14.3 Å². The second kappa shape index (κ2) is 9.96. The average Bonchev–Trinajstić information content (AvgIpc) is 3.16. The number of carbonyl (C=O) groups is 2. The fourth-order valence-corrected chi connectivity index (χ4v) is 6.18. The molecule has 1 aliphatic rings. The lowest BCUT2D eigenvalue weighted by Crippen LogP contribution is -2.24. The van der Waals surface area contributed by atoms with Crippen LogP contribution in [0.4, 0.5) is 11.4 Å². The molecular weight excluding hydrogens is 460 g/mol. The Bertz CT molecular complexity index is 1280. The zero-order valence-electron chi connectivity index (χ0n) is 18.8. The fourth-order valence-electron chi connectivity index (χ4n) is 4.01. The Labute approximate surface area is 199 Å². The number of ether oxygens (including phenoxy) is 1. The van der Waals surface area contributed by atoms with Crippen LogP contribution in [0.2, 0.25) is 0 Å². The maximum Gasteiger partial charge on any atom is 0.263 e. The van der Waals surface area contributed by atoms with E-state index >= 15 is 0 Å². The number of aryl methyl sites for hydroxylation is 2. The molecular formula is C23H26N4O4S2. The zero-order valence-corrected chi connectivity index (χ0v) is 20.5. The van der Waals surface area contributed by atoms with Gasteiger partial charge in [-0.05, 0) is 56.4 Å². The van der Waals surface area contributed by atoms with E-state index in [1.807, 2.05) is 6.92 Å². The third-order valence-electron chi connectivity index (χ3n) is 5.48. The number of carbonyl (C=O) groups excluding carboxylic acids is 2. The zero-order chi connectivity index (χ0) is 23.5. The molecule has 4 rings (SSSR count). The van der Waals surface area contributed by atoms with Crippen molar-refractivity contribution in [2.45, 2.75) is 51.2 Å². The highest BCUT2D eigenvalue weighted by Crippen LogP contribution is 2.35.